The van der Waals surface area contributed by atoms with Gasteiger partial charge in [-0.15, -0.1) is 0 Å². The molecule has 0 unspecified atom stereocenters. The van der Waals surface area contributed by atoms with Gasteiger partial charge in [0, 0.05) is 14.1 Å². The molecule has 6 N–H and O–H groups in total. The molecule has 0 fully saturated rings. The molecule has 0 aromatic rings. The van der Waals surface area contributed by atoms with E-state index < -0.39 is 24.6 Å². The van der Waals surface area contributed by atoms with Gasteiger partial charge in [0.05, 0.1) is 6.61 Å². The molecule has 0 rings (SSSR count). The maximum Gasteiger partial charge on any atom is 0.322 e. The highest BCUT2D eigenvalue weighted by molar-refractivity contribution is 5.73. The Morgan fingerprint density at radius 2 is 1.77 bits per heavy atom. The van der Waals surface area contributed by atoms with E-state index in [0.29, 0.717) is 0 Å². The number of hydrogen-bond acceptors (Lipinski definition) is 4. The lowest BCUT2D eigenvalue weighted by Crippen LogP contribution is -2.33. The Kier molecular flexibility index (Phi) is 7.99. The van der Waals surface area contributed by atoms with Crippen LogP contribution in [-0.2, 0) is 4.79 Å². The van der Waals surface area contributed by atoms with Gasteiger partial charge in [-0.05, 0) is 0 Å². The van der Waals surface area contributed by atoms with Crippen LogP contribution in [-0.4, -0.2) is 53.9 Å². The predicted octanol–water partition coefficient (Wildman–Crippen LogP) is -1.98. The fourth-order valence-corrected chi connectivity index (χ4v) is 0.0781. The number of urea groups is 1. The first kappa shape index (κ1) is 14.2. The summed E-state index contributed by atoms with van der Waals surface area (Å²) in [6.07, 6.45) is 0. The molecule has 7 heteroatoms. The normalized spacial score (nSPS) is 10.8. The van der Waals surface area contributed by atoms with Crippen LogP contribution in [0.3, 0.4) is 0 Å². The van der Waals surface area contributed by atoms with E-state index in [2.05, 4.69) is 0 Å². The third-order valence-electron chi connectivity index (χ3n) is 0.955. The van der Waals surface area contributed by atoms with Gasteiger partial charge in [-0.25, -0.2) is 4.79 Å². The van der Waals surface area contributed by atoms with Crippen molar-refractivity contribution in [1.29, 1.82) is 0 Å². The monoisotopic (exact) mass is 193 g/mol. The van der Waals surface area contributed by atoms with Gasteiger partial charge in [-0.1, -0.05) is 0 Å². The molecule has 7 nitrogen and oxygen atoms in total. The fourth-order valence-electron chi connectivity index (χ4n) is 0.0781. The highest BCUT2D eigenvalue weighted by atomic mass is 16.4. The number of amides is 2. The van der Waals surface area contributed by atoms with Crippen LogP contribution in [0.5, 0.6) is 0 Å². The van der Waals surface area contributed by atoms with Crippen molar-refractivity contribution in [2.24, 2.45) is 11.5 Å². The van der Waals surface area contributed by atoms with E-state index in [1.165, 1.54) is 4.90 Å². The molecule has 0 aromatic carbocycles. The second kappa shape index (κ2) is 7.32. The van der Waals surface area contributed by atoms with Gasteiger partial charge < -0.3 is 26.6 Å². The number of carbonyl (C=O) groups excluding carboxylic acids is 1. The maximum absolute atomic E-state index is 9.85. The van der Waals surface area contributed by atoms with Crippen LogP contribution in [0.2, 0.25) is 0 Å². The number of carboxylic acid groups (broad SMARTS) is 1. The lowest BCUT2D eigenvalue weighted by atomic mass is 10.3. The Labute approximate surface area is 75.9 Å². The number of aliphatic hydroxyl groups excluding tert-OH is 1. The summed E-state index contributed by atoms with van der Waals surface area (Å²) in [6, 6.07) is -1.53. The van der Waals surface area contributed by atoms with Crippen molar-refractivity contribution in [3.05, 3.63) is 0 Å². The Morgan fingerprint density at radius 3 is 1.77 bits per heavy atom. The quantitative estimate of drug-likeness (QED) is 0.403. The van der Waals surface area contributed by atoms with E-state index in [4.69, 9.17) is 21.7 Å². The van der Waals surface area contributed by atoms with Gasteiger partial charge in [0.15, 0.2) is 0 Å². The lowest BCUT2D eigenvalue weighted by Gasteiger charge is -2.01. The smallest absolute Gasteiger partial charge is 0.322 e. The average Bonchev–Trinajstić information content (AvgIpc) is 2.03. The summed E-state index contributed by atoms with van der Waals surface area (Å²) in [5, 5.41) is 15.9. The summed E-state index contributed by atoms with van der Waals surface area (Å²) in [4.78, 5) is 20.8. The number of aliphatic carboxylic acids is 1. The highest BCUT2D eigenvalue weighted by Crippen LogP contribution is 1.71. The SMILES string of the molecule is CN(C)C(N)=O.N[C@@H](CO)C(=O)O. The molecule has 0 aliphatic carbocycles. The maximum atomic E-state index is 9.85. The molecule has 0 aliphatic heterocycles. The molecule has 0 bridgehead atoms. The summed E-state index contributed by atoms with van der Waals surface area (Å²) in [5.74, 6) is -1.18. The molecule has 13 heavy (non-hydrogen) atoms. The van der Waals surface area contributed by atoms with Crippen LogP contribution in [0.4, 0.5) is 4.79 Å². The molecule has 2 amide bonds. The molecule has 0 saturated heterocycles. The summed E-state index contributed by atoms with van der Waals surface area (Å²) in [6.45, 7) is -0.505. The largest absolute Gasteiger partial charge is 0.480 e. The topological polar surface area (TPSA) is 130 Å². The zero-order chi connectivity index (χ0) is 11.0. The van der Waals surface area contributed by atoms with Gasteiger partial charge in [-0.3, -0.25) is 4.79 Å². The third-order valence-corrected chi connectivity index (χ3v) is 0.955. The summed E-state index contributed by atoms with van der Waals surface area (Å²) < 4.78 is 0. The van der Waals surface area contributed by atoms with E-state index in [1.807, 2.05) is 0 Å². The van der Waals surface area contributed by atoms with E-state index in [1.54, 1.807) is 14.1 Å². The van der Waals surface area contributed by atoms with E-state index >= 15 is 0 Å². The number of nitrogens with two attached hydrogens (primary N) is 2. The van der Waals surface area contributed by atoms with Gasteiger partial charge in [0.25, 0.3) is 0 Å². The summed E-state index contributed by atoms with van der Waals surface area (Å²) >= 11 is 0. The first-order valence-electron chi connectivity index (χ1n) is 3.39. The second-order valence-corrected chi connectivity index (χ2v) is 2.36. The van der Waals surface area contributed by atoms with E-state index in [9.17, 15) is 9.59 Å². The standard InChI is InChI=1S/C3H8N2O.C3H7NO3/c1-5(2)3(4)6;4-2(1-5)3(6)7/h1-2H3,(H2,4,6);2,5H,1,4H2,(H,6,7)/t;2-/m.0/s1. The average molecular weight is 193 g/mol. The van der Waals surface area contributed by atoms with Gasteiger partial charge in [0.2, 0.25) is 0 Å². The molecular weight excluding hydrogens is 178 g/mol. The minimum atomic E-state index is -1.18. The van der Waals surface area contributed by atoms with Crippen molar-refractivity contribution >= 4 is 12.0 Å². The van der Waals surface area contributed by atoms with Crippen LogP contribution in [0.25, 0.3) is 0 Å². The van der Waals surface area contributed by atoms with E-state index in [-0.39, 0.29) is 0 Å². The first-order valence-corrected chi connectivity index (χ1v) is 3.39. The number of carboxylic acids is 1. The predicted molar refractivity (Wildman–Crippen MR) is 46.0 cm³/mol. The van der Waals surface area contributed by atoms with Crippen LogP contribution in [0, 0.1) is 0 Å². The molecule has 0 aromatic heterocycles. The zero-order valence-corrected chi connectivity index (χ0v) is 7.60. The van der Waals surface area contributed by atoms with Crippen LogP contribution in [0.15, 0.2) is 0 Å². The van der Waals surface area contributed by atoms with Gasteiger partial charge in [-0.2, -0.15) is 0 Å². The molecule has 1 atom stereocenters. The van der Waals surface area contributed by atoms with Crippen LogP contribution < -0.4 is 11.5 Å². The number of carbonyl (C=O) groups is 2. The number of hydrogen-bond donors (Lipinski definition) is 4. The minimum absolute atomic E-state index is 0.407. The third kappa shape index (κ3) is 10.7. The van der Waals surface area contributed by atoms with Gasteiger partial charge in [0.1, 0.15) is 6.04 Å². The number of rotatable bonds is 2. The summed E-state index contributed by atoms with van der Waals surface area (Å²) in [5.41, 5.74) is 9.49. The number of nitrogens with zero attached hydrogens (tertiary/aromatic N) is 1. The molecule has 0 radical (unpaired) electrons. The molecule has 0 saturated carbocycles. The Morgan fingerprint density at radius 1 is 1.46 bits per heavy atom. The Balaban J connectivity index is 0. The first-order chi connectivity index (χ1) is 5.82. The van der Waals surface area contributed by atoms with Crippen LogP contribution >= 0.6 is 0 Å². The molecule has 78 valence electrons. The zero-order valence-electron chi connectivity index (χ0n) is 7.60. The molecular formula is C6H15N3O4. The molecule has 0 aliphatic rings. The number of primary amides is 1. The number of aliphatic hydroxyl groups is 1. The highest BCUT2D eigenvalue weighted by Gasteiger charge is 2.06. The van der Waals surface area contributed by atoms with Crippen molar-refractivity contribution in [2.45, 2.75) is 6.04 Å². The van der Waals surface area contributed by atoms with Crippen molar-refractivity contribution in [2.75, 3.05) is 20.7 Å². The van der Waals surface area contributed by atoms with Crippen molar-refractivity contribution < 1.29 is 19.8 Å². The minimum Gasteiger partial charge on any atom is -0.480 e. The van der Waals surface area contributed by atoms with Gasteiger partial charge >= 0.3 is 12.0 Å². The molecule has 0 heterocycles. The second-order valence-electron chi connectivity index (χ2n) is 2.36. The van der Waals surface area contributed by atoms with Crippen molar-refractivity contribution in [3.8, 4) is 0 Å². The van der Waals surface area contributed by atoms with Crippen molar-refractivity contribution in [3.63, 3.8) is 0 Å². The lowest BCUT2D eigenvalue weighted by molar-refractivity contribution is -0.139. The Hall–Kier alpha value is -1.34. The Bertz CT molecular complexity index is 171. The van der Waals surface area contributed by atoms with E-state index in [0.717, 1.165) is 0 Å². The van der Waals surface area contributed by atoms with Crippen molar-refractivity contribution in [1.82, 2.24) is 4.90 Å². The fraction of sp³-hybridized carbons (Fsp3) is 0.667. The molecule has 0 spiro atoms. The van der Waals surface area contributed by atoms with Crippen LogP contribution in [0.1, 0.15) is 0 Å². The summed E-state index contributed by atoms with van der Waals surface area (Å²) in [7, 11) is 3.20.